The van der Waals surface area contributed by atoms with Gasteiger partial charge in [0.15, 0.2) is 6.54 Å². The van der Waals surface area contributed by atoms with Gasteiger partial charge in [-0.2, -0.15) is 13.2 Å². The molecule has 3 amide bonds. The van der Waals surface area contributed by atoms with E-state index in [1.165, 1.54) is 0 Å². The van der Waals surface area contributed by atoms with Crippen molar-refractivity contribution in [3.8, 4) is 0 Å². The molecule has 1 aromatic rings. The largest absolute Gasteiger partial charge is 0.419 e. The van der Waals surface area contributed by atoms with E-state index in [1.807, 2.05) is 18.7 Å². The first-order valence-electron chi connectivity index (χ1n) is 9.07. The minimum absolute atomic E-state index is 0.00210. The topological polar surface area (TPSA) is 80.0 Å². The maximum absolute atomic E-state index is 12.7. The number of carbonyl (C=O) groups is 2. The fourth-order valence-electron chi connectivity index (χ4n) is 2.85. The van der Waals surface area contributed by atoms with Crippen LogP contribution >= 0.6 is 11.6 Å². The quantitative estimate of drug-likeness (QED) is 0.645. The minimum Gasteiger partial charge on any atom is -0.335 e. The molecule has 4 N–H and O–H groups in total. The van der Waals surface area contributed by atoms with Gasteiger partial charge in [-0.05, 0) is 19.4 Å². The Hall–Kier alpha value is -2.07. The van der Waals surface area contributed by atoms with Gasteiger partial charge in [0.2, 0.25) is 0 Å². The first-order valence-corrected chi connectivity index (χ1v) is 9.45. The Morgan fingerprint density at radius 3 is 2.54 bits per heavy atom. The SMILES string of the molecule is CC[C@H](C)NC(=O)NC(=O)C[NH+]1CCN(c2[nH+]cc(C(F)(F)F)cc2Cl)CC1. The van der Waals surface area contributed by atoms with Gasteiger partial charge < -0.3 is 10.2 Å². The number of piperazine rings is 1. The van der Waals surface area contributed by atoms with E-state index in [1.54, 1.807) is 0 Å². The number of aromatic amines is 1. The lowest BCUT2D eigenvalue weighted by atomic mass is 10.2. The average Bonchev–Trinajstić information content (AvgIpc) is 2.61. The highest BCUT2D eigenvalue weighted by Crippen LogP contribution is 2.31. The van der Waals surface area contributed by atoms with E-state index in [0.29, 0.717) is 32.0 Å². The van der Waals surface area contributed by atoms with Gasteiger partial charge in [0.1, 0.15) is 37.4 Å². The molecule has 1 aliphatic heterocycles. The summed E-state index contributed by atoms with van der Waals surface area (Å²) in [7, 11) is 0. The molecule has 1 fully saturated rings. The summed E-state index contributed by atoms with van der Waals surface area (Å²) in [5.74, 6) is 0.0504. The van der Waals surface area contributed by atoms with Crippen LogP contribution in [0.5, 0.6) is 0 Å². The van der Waals surface area contributed by atoms with Gasteiger partial charge in [0, 0.05) is 6.04 Å². The van der Waals surface area contributed by atoms with Crippen LogP contribution in [0.25, 0.3) is 0 Å². The van der Waals surface area contributed by atoms with Crippen molar-refractivity contribution in [2.75, 3.05) is 37.6 Å². The zero-order valence-corrected chi connectivity index (χ0v) is 16.5. The maximum Gasteiger partial charge on any atom is 0.419 e. The number of nitrogens with zero attached hydrogens (tertiary/aromatic N) is 1. The average molecular weight is 424 g/mol. The second-order valence-corrected chi connectivity index (χ2v) is 7.23. The van der Waals surface area contributed by atoms with Crippen molar-refractivity contribution in [3.63, 3.8) is 0 Å². The number of urea groups is 1. The van der Waals surface area contributed by atoms with E-state index in [9.17, 15) is 22.8 Å². The monoisotopic (exact) mass is 423 g/mol. The van der Waals surface area contributed by atoms with Gasteiger partial charge in [-0.3, -0.25) is 10.1 Å². The van der Waals surface area contributed by atoms with Gasteiger partial charge >= 0.3 is 12.2 Å². The number of quaternary nitrogens is 1. The van der Waals surface area contributed by atoms with Crippen LogP contribution in [0.2, 0.25) is 5.02 Å². The van der Waals surface area contributed by atoms with Crippen LogP contribution in [-0.4, -0.2) is 50.7 Å². The normalized spacial score (nSPS) is 16.6. The lowest BCUT2D eigenvalue weighted by molar-refractivity contribution is -0.892. The Balaban J connectivity index is 1.84. The van der Waals surface area contributed by atoms with Gasteiger partial charge in [0.25, 0.3) is 11.7 Å². The molecule has 156 valence electrons. The Labute approximate surface area is 166 Å². The van der Waals surface area contributed by atoms with Crippen LogP contribution in [0, 0.1) is 0 Å². The van der Waals surface area contributed by atoms with E-state index in [2.05, 4.69) is 15.6 Å². The molecule has 7 nitrogen and oxygen atoms in total. The zero-order valence-electron chi connectivity index (χ0n) is 15.8. The Kier molecular flexibility index (Phi) is 7.48. The summed E-state index contributed by atoms with van der Waals surface area (Å²) in [6.45, 7) is 6.13. The molecule has 0 bridgehead atoms. The summed E-state index contributed by atoms with van der Waals surface area (Å²) in [5, 5.41) is 4.97. The fourth-order valence-corrected chi connectivity index (χ4v) is 3.14. The number of aromatic nitrogens is 1. The summed E-state index contributed by atoms with van der Waals surface area (Å²) >= 11 is 6.01. The molecule has 0 unspecified atom stereocenters. The maximum atomic E-state index is 12.7. The van der Waals surface area contributed by atoms with Gasteiger partial charge in [-0.15, -0.1) is 0 Å². The number of halogens is 4. The van der Waals surface area contributed by atoms with E-state index in [4.69, 9.17) is 11.6 Å². The van der Waals surface area contributed by atoms with Gasteiger partial charge in [-0.25, -0.2) is 14.7 Å². The Bertz CT molecular complexity index is 709. The molecule has 28 heavy (non-hydrogen) atoms. The Morgan fingerprint density at radius 1 is 1.36 bits per heavy atom. The van der Waals surface area contributed by atoms with Crippen molar-refractivity contribution in [2.24, 2.45) is 0 Å². The molecule has 0 aromatic carbocycles. The molecule has 1 atom stereocenters. The minimum atomic E-state index is -4.46. The molecule has 0 spiro atoms. The molecule has 2 rings (SSSR count). The van der Waals surface area contributed by atoms with Crippen LogP contribution in [-0.2, 0) is 11.0 Å². The molecular formula is C17H25ClF3N5O2+2. The van der Waals surface area contributed by atoms with Crippen molar-refractivity contribution < 1.29 is 32.6 Å². The third-order valence-electron chi connectivity index (χ3n) is 4.64. The van der Waals surface area contributed by atoms with Crippen LogP contribution in [0.4, 0.5) is 23.8 Å². The number of hydrogen-bond donors (Lipinski definition) is 3. The van der Waals surface area contributed by atoms with Crippen LogP contribution in [0.3, 0.4) is 0 Å². The summed E-state index contributed by atoms with van der Waals surface area (Å²) in [6.07, 6.45) is -2.81. The van der Waals surface area contributed by atoms with Crippen LogP contribution < -0.4 is 25.4 Å². The molecule has 1 saturated heterocycles. The third kappa shape index (κ3) is 6.23. The Morgan fingerprint density at radius 2 is 2.00 bits per heavy atom. The first kappa shape index (κ1) is 22.2. The number of alkyl halides is 3. The number of H-pyrrole nitrogens is 1. The van der Waals surface area contributed by atoms with Gasteiger partial charge in [0.05, 0.1) is 5.56 Å². The summed E-state index contributed by atoms with van der Waals surface area (Å²) in [5.41, 5.74) is -0.835. The highest BCUT2D eigenvalue weighted by Gasteiger charge is 2.35. The van der Waals surface area contributed by atoms with E-state index in [0.717, 1.165) is 23.6 Å². The lowest BCUT2D eigenvalue weighted by Gasteiger charge is -2.28. The first-order chi connectivity index (χ1) is 13.1. The smallest absolute Gasteiger partial charge is 0.335 e. The van der Waals surface area contributed by atoms with Crippen LogP contribution in [0.15, 0.2) is 12.3 Å². The van der Waals surface area contributed by atoms with Crippen molar-refractivity contribution in [1.29, 1.82) is 0 Å². The number of amides is 3. The number of pyridine rings is 1. The highest BCUT2D eigenvalue weighted by atomic mass is 35.5. The number of carbonyl (C=O) groups excluding carboxylic acids is 2. The van der Waals surface area contributed by atoms with Crippen molar-refractivity contribution in [3.05, 3.63) is 22.8 Å². The zero-order chi connectivity index (χ0) is 20.9. The number of rotatable bonds is 5. The second-order valence-electron chi connectivity index (χ2n) is 6.83. The fraction of sp³-hybridized carbons (Fsp3) is 0.588. The lowest BCUT2D eigenvalue weighted by Crippen LogP contribution is -3.16. The standard InChI is InChI=1S/C17H23ClF3N5O2/c1-3-11(2)23-16(28)24-14(27)10-25-4-6-26(7-5-25)15-13(18)8-12(9-22-15)17(19,20)21/h8-9,11H,3-7,10H2,1-2H3,(H2,23,24,27,28)/p+2/t11-/m0/s1. The molecule has 0 aliphatic carbocycles. The predicted octanol–water partition coefficient (Wildman–Crippen LogP) is 0.502. The van der Waals surface area contributed by atoms with Crippen molar-refractivity contribution in [1.82, 2.24) is 10.6 Å². The van der Waals surface area contributed by atoms with Crippen molar-refractivity contribution in [2.45, 2.75) is 32.5 Å². The number of anilines is 1. The summed E-state index contributed by atoms with van der Waals surface area (Å²) in [6, 6.07) is 0.368. The predicted molar refractivity (Wildman–Crippen MR) is 97.2 cm³/mol. The summed E-state index contributed by atoms with van der Waals surface area (Å²) in [4.78, 5) is 29.1. The highest BCUT2D eigenvalue weighted by molar-refractivity contribution is 6.32. The molecule has 2 heterocycles. The van der Waals surface area contributed by atoms with E-state index < -0.39 is 17.8 Å². The molecule has 0 saturated carbocycles. The van der Waals surface area contributed by atoms with E-state index in [-0.39, 0.29) is 23.5 Å². The molecular weight excluding hydrogens is 399 g/mol. The van der Waals surface area contributed by atoms with E-state index >= 15 is 0 Å². The molecule has 1 aromatic heterocycles. The molecule has 1 aliphatic rings. The summed E-state index contributed by atoms with van der Waals surface area (Å²) < 4.78 is 38.2. The number of nitrogens with one attached hydrogen (secondary N) is 4. The number of imide groups is 1. The second kappa shape index (κ2) is 9.42. The molecule has 0 radical (unpaired) electrons. The van der Waals surface area contributed by atoms with Gasteiger partial charge in [-0.1, -0.05) is 18.5 Å². The van der Waals surface area contributed by atoms with Crippen LogP contribution in [0.1, 0.15) is 25.8 Å². The van der Waals surface area contributed by atoms with Crippen molar-refractivity contribution >= 4 is 29.4 Å². The third-order valence-corrected chi connectivity index (χ3v) is 4.93. The molecule has 11 heteroatoms. The number of hydrogen-bond acceptors (Lipinski definition) is 3.